The summed E-state index contributed by atoms with van der Waals surface area (Å²) in [5.41, 5.74) is 1.03. The van der Waals surface area contributed by atoms with Crippen LogP contribution in [0.25, 0.3) is 0 Å². The highest BCUT2D eigenvalue weighted by atomic mass is 16.6. The fourth-order valence-corrected chi connectivity index (χ4v) is 2.59. The van der Waals surface area contributed by atoms with Crippen molar-refractivity contribution in [1.82, 2.24) is 9.80 Å². The van der Waals surface area contributed by atoms with Crippen molar-refractivity contribution in [2.45, 2.75) is 31.9 Å². The van der Waals surface area contributed by atoms with Crippen molar-refractivity contribution in [1.29, 1.82) is 0 Å². The van der Waals surface area contributed by atoms with Gasteiger partial charge in [-0.1, -0.05) is 30.3 Å². The van der Waals surface area contributed by atoms with Crippen LogP contribution in [-0.2, 0) is 11.3 Å². The molecule has 4 nitrogen and oxygen atoms in total. The lowest BCUT2D eigenvalue weighted by Gasteiger charge is -2.23. The second-order valence-corrected chi connectivity index (χ2v) is 5.58. The van der Waals surface area contributed by atoms with E-state index in [0.29, 0.717) is 12.6 Å². The normalized spacial score (nSPS) is 19.8. The molecule has 1 atom stereocenters. The van der Waals surface area contributed by atoms with E-state index in [1.807, 2.05) is 35.2 Å². The van der Waals surface area contributed by atoms with E-state index in [4.69, 9.17) is 4.74 Å². The van der Waals surface area contributed by atoms with E-state index in [-0.39, 0.29) is 6.09 Å². The van der Waals surface area contributed by atoms with Crippen molar-refractivity contribution in [2.75, 3.05) is 27.2 Å². The highest BCUT2D eigenvalue weighted by molar-refractivity contribution is 5.67. The zero-order valence-electron chi connectivity index (χ0n) is 12.4. The predicted molar refractivity (Wildman–Crippen MR) is 79.5 cm³/mol. The third-order valence-corrected chi connectivity index (χ3v) is 3.89. The second kappa shape index (κ2) is 7.29. The molecule has 1 heterocycles. The first-order chi connectivity index (χ1) is 9.66. The molecule has 0 spiro atoms. The number of hydrogen-bond acceptors (Lipinski definition) is 3. The molecular formula is C16H24N2O2. The number of carbonyl (C=O) groups is 1. The third kappa shape index (κ3) is 4.23. The molecule has 20 heavy (non-hydrogen) atoms. The average molecular weight is 276 g/mol. The van der Waals surface area contributed by atoms with Gasteiger partial charge in [-0.05, 0) is 38.9 Å². The Labute approximate surface area is 121 Å². The largest absolute Gasteiger partial charge is 0.445 e. The van der Waals surface area contributed by atoms with Crippen molar-refractivity contribution < 1.29 is 9.53 Å². The summed E-state index contributed by atoms with van der Waals surface area (Å²) in [4.78, 5) is 16.2. The van der Waals surface area contributed by atoms with Crippen molar-refractivity contribution in [3.63, 3.8) is 0 Å². The van der Waals surface area contributed by atoms with Crippen LogP contribution in [0.4, 0.5) is 4.79 Å². The van der Waals surface area contributed by atoms with Gasteiger partial charge in [-0.15, -0.1) is 0 Å². The van der Waals surface area contributed by atoms with Gasteiger partial charge in [0.25, 0.3) is 0 Å². The van der Waals surface area contributed by atoms with E-state index in [1.165, 1.54) is 0 Å². The molecule has 110 valence electrons. The van der Waals surface area contributed by atoms with Gasteiger partial charge in [0.15, 0.2) is 0 Å². The Morgan fingerprint density at radius 2 is 2.00 bits per heavy atom. The summed E-state index contributed by atoms with van der Waals surface area (Å²) in [6.45, 7) is 1.95. The maximum absolute atomic E-state index is 12.1. The molecule has 0 radical (unpaired) electrons. The Morgan fingerprint density at radius 3 is 2.70 bits per heavy atom. The lowest BCUT2D eigenvalue weighted by molar-refractivity contribution is 0.0967. The first kappa shape index (κ1) is 14.9. The molecule has 0 bridgehead atoms. The van der Waals surface area contributed by atoms with Gasteiger partial charge in [0, 0.05) is 19.1 Å². The zero-order chi connectivity index (χ0) is 14.4. The Hall–Kier alpha value is -1.55. The molecule has 1 aliphatic rings. The molecule has 1 amide bonds. The first-order valence-corrected chi connectivity index (χ1v) is 7.29. The van der Waals surface area contributed by atoms with E-state index in [9.17, 15) is 4.79 Å². The number of amides is 1. The number of carbonyl (C=O) groups excluding carboxylic acids is 1. The average Bonchev–Trinajstić information content (AvgIpc) is 2.72. The van der Waals surface area contributed by atoms with E-state index in [1.54, 1.807) is 0 Å². The fraction of sp³-hybridized carbons (Fsp3) is 0.562. The second-order valence-electron chi connectivity index (χ2n) is 5.58. The smallest absolute Gasteiger partial charge is 0.410 e. The lowest BCUT2D eigenvalue weighted by atomic mass is 10.1. The van der Waals surface area contributed by atoms with Crippen LogP contribution in [0.3, 0.4) is 0 Å². The van der Waals surface area contributed by atoms with Crippen LogP contribution < -0.4 is 0 Å². The molecule has 1 aromatic carbocycles. The third-order valence-electron chi connectivity index (χ3n) is 3.89. The molecule has 1 aliphatic heterocycles. The van der Waals surface area contributed by atoms with Gasteiger partial charge in [0.1, 0.15) is 6.61 Å². The number of likely N-dealkylation sites (tertiary alicyclic amines) is 1. The monoisotopic (exact) mass is 276 g/mol. The van der Waals surface area contributed by atoms with E-state index < -0.39 is 0 Å². The summed E-state index contributed by atoms with van der Waals surface area (Å²) in [5, 5.41) is 0. The van der Waals surface area contributed by atoms with Crippen molar-refractivity contribution in [3.05, 3.63) is 35.9 Å². The maximum atomic E-state index is 12.1. The lowest BCUT2D eigenvalue weighted by Crippen LogP contribution is -2.34. The minimum absolute atomic E-state index is 0.187. The zero-order valence-corrected chi connectivity index (χ0v) is 12.4. The van der Waals surface area contributed by atoms with Gasteiger partial charge in [-0.3, -0.25) is 0 Å². The molecule has 0 aromatic heterocycles. The van der Waals surface area contributed by atoms with Crippen LogP contribution >= 0.6 is 0 Å². The SMILES string of the molecule is CN(C)C1CCCN(C(=O)OCc2ccccc2)CC1. The fourth-order valence-electron chi connectivity index (χ4n) is 2.59. The van der Waals surface area contributed by atoms with Gasteiger partial charge < -0.3 is 14.5 Å². The molecular weight excluding hydrogens is 252 g/mol. The van der Waals surface area contributed by atoms with E-state index >= 15 is 0 Å². The molecule has 2 rings (SSSR count). The van der Waals surface area contributed by atoms with Gasteiger partial charge >= 0.3 is 6.09 Å². The van der Waals surface area contributed by atoms with Gasteiger partial charge in [0.2, 0.25) is 0 Å². The number of benzene rings is 1. The minimum Gasteiger partial charge on any atom is -0.445 e. The predicted octanol–water partition coefficient (Wildman–Crippen LogP) is 2.74. The van der Waals surface area contributed by atoms with Gasteiger partial charge in [-0.25, -0.2) is 4.79 Å². The van der Waals surface area contributed by atoms with Crippen LogP contribution in [0.15, 0.2) is 30.3 Å². The number of hydrogen-bond donors (Lipinski definition) is 0. The summed E-state index contributed by atoms with van der Waals surface area (Å²) < 4.78 is 5.39. The molecule has 1 saturated heterocycles. The number of nitrogens with zero attached hydrogens (tertiary/aromatic N) is 2. The minimum atomic E-state index is -0.187. The Kier molecular flexibility index (Phi) is 5.41. The summed E-state index contributed by atoms with van der Waals surface area (Å²) in [6, 6.07) is 10.4. The van der Waals surface area contributed by atoms with Crippen molar-refractivity contribution in [2.24, 2.45) is 0 Å². The molecule has 1 fully saturated rings. The molecule has 0 aliphatic carbocycles. The van der Waals surface area contributed by atoms with Gasteiger partial charge in [-0.2, -0.15) is 0 Å². The summed E-state index contributed by atoms with van der Waals surface area (Å²) in [5.74, 6) is 0. The van der Waals surface area contributed by atoms with Crippen LogP contribution in [0.1, 0.15) is 24.8 Å². The Morgan fingerprint density at radius 1 is 1.25 bits per heavy atom. The van der Waals surface area contributed by atoms with E-state index in [2.05, 4.69) is 19.0 Å². The standard InChI is InChI=1S/C16H24N2O2/c1-17(2)15-9-6-11-18(12-10-15)16(19)20-13-14-7-4-3-5-8-14/h3-5,7-8,15H,6,9-13H2,1-2H3. The Bertz CT molecular complexity index is 420. The first-order valence-electron chi connectivity index (χ1n) is 7.29. The van der Waals surface area contributed by atoms with Crippen molar-refractivity contribution >= 4 is 6.09 Å². The van der Waals surface area contributed by atoms with Gasteiger partial charge in [0.05, 0.1) is 0 Å². The Balaban J connectivity index is 1.80. The van der Waals surface area contributed by atoms with Crippen LogP contribution in [0, 0.1) is 0 Å². The summed E-state index contributed by atoms with van der Waals surface area (Å²) >= 11 is 0. The van der Waals surface area contributed by atoms with Crippen LogP contribution in [0.5, 0.6) is 0 Å². The van der Waals surface area contributed by atoms with Crippen LogP contribution in [0.2, 0.25) is 0 Å². The molecule has 4 heteroatoms. The number of ether oxygens (including phenoxy) is 1. The van der Waals surface area contributed by atoms with Crippen molar-refractivity contribution in [3.8, 4) is 0 Å². The molecule has 1 aromatic rings. The van der Waals surface area contributed by atoms with Crippen LogP contribution in [-0.4, -0.2) is 49.1 Å². The van der Waals surface area contributed by atoms with E-state index in [0.717, 1.165) is 37.9 Å². The number of rotatable bonds is 3. The quantitative estimate of drug-likeness (QED) is 0.851. The molecule has 0 saturated carbocycles. The molecule has 1 unspecified atom stereocenters. The summed E-state index contributed by atoms with van der Waals surface area (Å²) in [7, 11) is 4.21. The highest BCUT2D eigenvalue weighted by Gasteiger charge is 2.22. The maximum Gasteiger partial charge on any atom is 0.410 e. The molecule has 0 N–H and O–H groups in total. The topological polar surface area (TPSA) is 32.8 Å². The summed E-state index contributed by atoms with van der Waals surface area (Å²) in [6.07, 6.45) is 3.03. The highest BCUT2D eigenvalue weighted by Crippen LogP contribution is 2.15.